The molecule has 4 heteroatoms. The van der Waals surface area contributed by atoms with Crippen molar-refractivity contribution in [2.75, 3.05) is 6.61 Å². The van der Waals surface area contributed by atoms with Crippen LogP contribution in [0.5, 0.6) is 0 Å². The van der Waals surface area contributed by atoms with E-state index in [1.54, 1.807) is 6.20 Å². The van der Waals surface area contributed by atoms with Gasteiger partial charge < -0.3 is 10.4 Å². The molecule has 0 saturated heterocycles. The van der Waals surface area contributed by atoms with Gasteiger partial charge in [0.05, 0.1) is 5.52 Å². The summed E-state index contributed by atoms with van der Waals surface area (Å²) in [5.74, 6) is 0.601. The highest BCUT2D eigenvalue weighted by molar-refractivity contribution is 6.06. The molecule has 4 nitrogen and oxygen atoms in total. The summed E-state index contributed by atoms with van der Waals surface area (Å²) in [6.07, 6.45) is 6.80. The molecule has 0 unspecified atom stereocenters. The van der Waals surface area contributed by atoms with Crippen LogP contribution in [0, 0.1) is 5.92 Å². The van der Waals surface area contributed by atoms with Crippen LogP contribution in [0.2, 0.25) is 0 Å². The molecule has 2 aromatic rings. The van der Waals surface area contributed by atoms with Gasteiger partial charge in [-0.2, -0.15) is 0 Å². The van der Waals surface area contributed by atoms with E-state index in [2.05, 4.69) is 10.3 Å². The molecule has 1 heterocycles. The van der Waals surface area contributed by atoms with Gasteiger partial charge >= 0.3 is 0 Å². The minimum atomic E-state index is -0.00999. The van der Waals surface area contributed by atoms with Crippen LogP contribution in [-0.2, 0) is 0 Å². The van der Waals surface area contributed by atoms with Crippen molar-refractivity contribution < 1.29 is 9.90 Å². The molecule has 0 aliphatic heterocycles. The quantitative estimate of drug-likeness (QED) is 0.912. The number of hydrogen-bond donors (Lipinski definition) is 2. The predicted octanol–water partition coefficient (Wildman–Crippen LogP) is 2.91. The summed E-state index contributed by atoms with van der Waals surface area (Å²) in [5, 5.41) is 13.1. The van der Waals surface area contributed by atoms with Gasteiger partial charge in [0, 0.05) is 29.8 Å². The Balaban J connectivity index is 1.67. The maximum atomic E-state index is 12.6. The summed E-state index contributed by atoms with van der Waals surface area (Å²) in [4.78, 5) is 16.9. The number of hydrogen-bond acceptors (Lipinski definition) is 3. The zero-order chi connectivity index (χ0) is 15.4. The van der Waals surface area contributed by atoms with E-state index in [1.807, 2.05) is 30.3 Å². The topological polar surface area (TPSA) is 62.2 Å². The van der Waals surface area contributed by atoms with Crippen LogP contribution in [0.1, 0.15) is 42.5 Å². The maximum absolute atomic E-state index is 12.6. The second kappa shape index (κ2) is 6.88. The van der Waals surface area contributed by atoms with Crippen LogP contribution in [0.25, 0.3) is 10.9 Å². The first-order valence-electron chi connectivity index (χ1n) is 8.03. The zero-order valence-electron chi connectivity index (χ0n) is 12.7. The van der Waals surface area contributed by atoms with Crippen LogP contribution < -0.4 is 5.32 Å². The highest BCUT2D eigenvalue weighted by Crippen LogP contribution is 2.27. The Labute approximate surface area is 130 Å². The van der Waals surface area contributed by atoms with E-state index in [-0.39, 0.29) is 18.6 Å². The minimum absolute atomic E-state index is 0.00999. The molecule has 0 atom stereocenters. The van der Waals surface area contributed by atoms with Crippen LogP contribution in [0.4, 0.5) is 0 Å². The number of nitrogens with zero attached hydrogens (tertiary/aromatic N) is 1. The molecule has 1 aliphatic carbocycles. The van der Waals surface area contributed by atoms with E-state index in [0.29, 0.717) is 11.5 Å². The second-order valence-corrected chi connectivity index (χ2v) is 6.08. The molecule has 116 valence electrons. The van der Waals surface area contributed by atoms with E-state index in [9.17, 15) is 4.79 Å². The Hall–Kier alpha value is -1.94. The van der Waals surface area contributed by atoms with Gasteiger partial charge in [0.1, 0.15) is 0 Å². The van der Waals surface area contributed by atoms with Crippen LogP contribution in [0.3, 0.4) is 0 Å². The Bertz CT molecular complexity index is 643. The number of aromatic nitrogens is 1. The van der Waals surface area contributed by atoms with Gasteiger partial charge in [-0.25, -0.2) is 0 Å². The van der Waals surface area contributed by atoms with Crippen molar-refractivity contribution in [2.45, 2.75) is 38.1 Å². The van der Waals surface area contributed by atoms with Gasteiger partial charge in [-0.15, -0.1) is 0 Å². The molecule has 22 heavy (non-hydrogen) atoms. The fourth-order valence-electron chi connectivity index (χ4n) is 3.34. The summed E-state index contributed by atoms with van der Waals surface area (Å²) >= 11 is 0. The fourth-order valence-corrected chi connectivity index (χ4v) is 3.34. The molecule has 0 bridgehead atoms. The molecule has 1 saturated carbocycles. The Kier molecular flexibility index (Phi) is 4.68. The lowest BCUT2D eigenvalue weighted by atomic mass is 9.84. The summed E-state index contributed by atoms with van der Waals surface area (Å²) in [6, 6.07) is 9.70. The molecule has 1 aliphatic rings. The summed E-state index contributed by atoms with van der Waals surface area (Å²) < 4.78 is 0. The van der Waals surface area contributed by atoms with Gasteiger partial charge in [0.25, 0.3) is 5.91 Å². The third kappa shape index (κ3) is 3.28. The van der Waals surface area contributed by atoms with Gasteiger partial charge in [0.2, 0.25) is 0 Å². The van der Waals surface area contributed by atoms with Crippen molar-refractivity contribution in [1.82, 2.24) is 10.3 Å². The summed E-state index contributed by atoms with van der Waals surface area (Å²) in [5.41, 5.74) is 1.55. The number of rotatable bonds is 4. The number of fused-ring (bicyclic) bond motifs is 1. The van der Waals surface area contributed by atoms with E-state index in [0.717, 1.165) is 43.0 Å². The summed E-state index contributed by atoms with van der Waals surface area (Å²) in [6.45, 7) is 0.269. The minimum Gasteiger partial charge on any atom is -0.396 e. The first-order valence-corrected chi connectivity index (χ1v) is 8.03. The number of pyridine rings is 1. The number of nitrogens with one attached hydrogen (secondary N) is 1. The lowest BCUT2D eigenvalue weighted by Crippen LogP contribution is -2.37. The van der Waals surface area contributed by atoms with Crippen molar-refractivity contribution >= 4 is 16.8 Å². The molecule has 3 rings (SSSR count). The third-order valence-corrected chi connectivity index (χ3v) is 4.61. The van der Waals surface area contributed by atoms with Crippen molar-refractivity contribution in [3.05, 3.63) is 42.1 Å². The number of carbonyl (C=O) groups is 1. The molecule has 1 fully saturated rings. The first-order chi connectivity index (χ1) is 10.8. The zero-order valence-corrected chi connectivity index (χ0v) is 12.7. The lowest BCUT2D eigenvalue weighted by Gasteiger charge is -2.28. The van der Waals surface area contributed by atoms with E-state index in [4.69, 9.17) is 5.11 Å². The van der Waals surface area contributed by atoms with Crippen LogP contribution >= 0.6 is 0 Å². The van der Waals surface area contributed by atoms with Gasteiger partial charge in [-0.1, -0.05) is 12.1 Å². The Morgan fingerprint density at radius 3 is 2.77 bits per heavy atom. The van der Waals surface area contributed by atoms with Gasteiger partial charge in [-0.05, 0) is 56.2 Å². The standard InChI is InChI=1S/C18H22N2O2/c21-12-10-13-6-8-14(9-7-13)20-18(22)16-3-1-5-17-15(16)4-2-11-19-17/h1-5,11,13-14,21H,6-10,12H2,(H,20,22)/t13-,14-. The smallest absolute Gasteiger partial charge is 0.252 e. The number of aliphatic hydroxyl groups is 1. The number of amides is 1. The van der Waals surface area contributed by atoms with Crippen molar-refractivity contribution in [1.29, 1.82) is 0 Å². The fraction of sp³-hybridized carbons (Fsp3) is 0.444. The maximum Gasteiger partial charge on any atom is 0.252 e. The molecule has 2 N–H and O–H groups in total. The third-order valence-electron chi connectivity index (χ3n) is 4.61. The highest BCUT2D eigenvalue weighted by atomic mass is 16.3. The molecule has 0 spiro atoms. The van der Waals surface area contributed by atoms with Crippen LogP contribution in [0.15, 0.2) is 36.5 Å². The first kappa shape index (κ1) is 15.0. The normalized spacial score (nSPS) is 21.7. The average Bonchev–Trinajstić information content (AvgIpc) is 2.56. The number of benzene rings is 1. The largest absolute Gasteiger partial charge is 0.396 e. The Morgan fingerprint density at radius 2 is 2.00 bits per heavy atom. The highest BCUT2D eigenvalue weighted by Gasteiger charge is 2.22. The Morgan fingerprint density at radius 1 is 1.18 bits per heavy atom. The van der Waals surface area contributed by atoms with E-state index < -0.39 is 0 Å². The molecule has 1 aromatic heterocycles. The molecule has 1 amide bonds. The van der Waals surface area contributed by atoms with Crippen molar-refractivity contribution in [3.8, 4) is 0 Å². The monoisotopic (exact) mass is 298 g/mol. The van der Waals surface area contributed by atoms with Crippen molar-refractivity contribution in [3.63, 3.8) is 0 Å². The SMILES string of the molecule is O=C(N[C@H]1CC[C@H](CCO)CC1)c1cccc2ncccc12. The lowest BCUT2D eigenvalue weighted by molar-refractivity contribution is 0.0920. The summed E-state index contributed by atoms with van der Waals surface area (Å²) in [7, 11) is 0. The average molecular weight is 298 g/mol. The molecular formula is C18H22N2O2. The molecule has 0 radical (unpaired) electrons. The van der Waals surface area contributed by atoms with Gasteiger partial charge in [0.15, 0.2) is 0 Å². The van der Waals surface area contributed by atoms with Crippen molar-refractivity contribution in [2.24, 2.45) is 5.92 Å². The number of aliphatic hydroxyl groups excluding tert-OH is 1. The van der Waals surface area contributed by atoms with E-state index >= 15 is 0 Å². The second-order valence-electron chi connectivity index (χ2n) is 6.08. The molecular weight excluding hydrogens is 276 g/mol. The van der Waals surface area contributed by atoms with Crippen LogP contribution in [-0.4, -0.2) is 28.6 Å². The van der Waals surface area contributed by atoms with Gasteiger partial charge in [-0.3, -0.25) is 9.78 Å². The molecule has 1 aromatic carbocycles. The van der Waals surface area contributed by atoms with E-state index in [1.165, 1.54) is 0 Å². The predicted molar refractivity (Wildman–Crippen MR) is 86.7 cm³/mol. The number of carbonyl (C=O) groups excluding carboxylic acids is 1.